The molecule has 0 unspecified atom stereocenters. The van der Waals surface area contributed by atoms with Gasteiger partial charge in [0.1, 0.15) is 0 Å². The number of hydrogen-bond donors (Lipinski definition) is 2. The molecule has 1 aromatic carbocycles. The van der Waals surface area contributed by atoms with E-state index in [9.17, 15) is 8.42 Å². The van der Waals surface area contributed by atoms with E-state index >= 15 is 0 Å². The number of nitrogens with one attached hydrogen (secondary N) is 1. The highest BCUT2D eigenvalue weighted by atomic mass is 35.5. The highest BCUT2D eigenvalue weighted by Gasteiger charge is 2.20. The van der Waals surface area contributed by atoms with Gasteiger partial charge in [-0.1, -0.05) is 11.6 Å². The van der Waals surface area contributed by atoms with Crippen LogP contribution in [0.2, 0.25) is 5.15 Å². The van der Waals surface area contributed by atoms with Gasteiger partial charge in [0.15, 0.2) is 11.0 Å². The van der Waals surface area contributed by atoms with Crippen molar-refractivity contribution in [3.05, 3.63) is 40.5 Å². The van der Waals surface area contributed by atoms with Crippen LogP contribution in [-0.2, 0) is 10.0 Å². The molecule has 0 radical (unpaired) electrons. The first-order chi connectivity index (χ1) is 9.29. The molecule has 0 aliphatic heterocycles. The Morgan fingerprint density at radius 1 is 1.15 bits per heavy atom. The maximum Gasteiger partial charge on any atom is 0.263 e. The summed E-state index contributed by atoms with van der Waals surface area (Å²) in [5, 5.41) is 7.44. The van der Waals surface area contributed by atoms with Crippen LogP contribution in [0.4, 0.5) is 11.5 Å². The second-order valence-electron chi connectivity index (χ2n) is 4.33. The molecule has 0 bridgehead atoms. The second kappa shape index (κ2) is 5.26. The molecule has 8 heteroatoms. The van der Waals surface area contributed by atoms with Gasteiger partial charge in [-0.25, -0.2) is 8.42 Å². The van der Waals surface area contributed by atoms with Gasteiger partial charge in [0, 0.05) is 5.69 Å². The Hall–Kier alpha value is -1.86. The van der Waals surface area contributed by atoms with Crippen molar-refractivity contribution in [3.8, 4) is 0 Å². The van der Waals surface area contributed by atoms with Crippen molar-refractivity contribution in [3.63, 3.8) is 0 Å². The molecule has 0 aliphatic rings. The predicted octanol–water partition coefficient (Wildman–Crippen LogP) is 2.13. The van der Waals surface area contributed by atoms with Crippen LogP contribution in [0.5, 0.6) is 0 Å². The van der Waals surface area contributed by atoms with E-state index in [0.29, 0.717) is 16.8 Å². The average molecular weight is 313 g/mol. The van der Waals surface area contributed by atoms with E-state index in [1.54, 1.807) is 26.0 Å². The van der Waals surface area contributed by atoms with E-state index in [1.807, 2.05) is 0 Å². The summed E-state index contributed by atoms with van der Waals surface area (Å²) in [6, 6.07) is 6.11. The Balaban J connectivity index is 2.43. The minimum absolute atomic E-state index is 0.102. The molecule has 6 nitrogen and oxygen atoms in total. The first-order valence-electron chi connectivity index (χ1n) is 5.68. The summed E-state index contributed by atoms with van der Waals surface area (Å²) in [5.74, 6) is 0.102. The molecule has 0 saturated carbocycles. The number of aryl methyl sites for hydroxylation is 2. The van der Waals surface area contributed by atoms with E-state index < -0.39 is 10.0 Å². The Morgan fingerprint density at radius 3 is 2.25 bits per heavy atom. The Morgan fingerprint density at radius 2 is 1.75 bits per heavy atom. The largest absolute Gasteiger partial charge is 0.399 e. The van der Waals surface area contributed by atoms with Crippen molar-refractivity contribution in [2.24, 2.45) is 0 Å². The van der Waals surface area contributed by atoms with Crippen molar-refractivity contribution >= 4 is 33.1 Å². The summed E-state index contributed by atoms with van der Waals surface area (Å²) < 4.78 is 27.1. The zero-order valence-electron chi connectivity index (χ0n) is 10.9. The molecular weight excluding hydrogens is 300 g/mol. The second-order valence-corrected chi connectivity index (χ2v) is 6.34. The first-order valence-corrected chi connectivity index (χ1v) is 7.54. The third-order valence-electron chi connectivity index (χ3n) is 2.62. The van der Waals surface area contributed by atoms with E-state index in [2.05, 4.69) is 14.9 Å². The number of nitrogen functional groups attached to an aromatic ring is 1. The van der Waals surface area contributed by atoms with Gasteiger partial charge >= 0.3 is 0 Å². The number of hydrogen-bond acceptors (Lipinski definition) is 5. The molecule has 0 saturated heterocycles. The van der Waals surface area contributed by atoms with Crippen LogP contribution in [0.3, 0.4) is 0 Å². The quantitative estimate of drug-likeness (QED) is 0.846. The van der Waals surface area contributed by atoms with Crippen molar-refractivity contribution < 1.29 is 8.42 Å². The predicted molar refractivity (Wildman–Crippen MR) is 78.2 cm³/mol. The molecule has 20 heavy (non-hydrogen) atoms. The lowest BCUT2D eigenvalue weighted by Crippen LogP contribution is -2.17. The van der Waals surface area contributed by atoms with Gasteiger partial charge in [0.05, 0.1) is 4.90 Å². The molecule has 0 aliphatic carbocycles. The van der Waals surface area contributed by atoms with E-state index in [1.165, 1.54) is 12.1 Å². The maximum atomic E-state index is 12.4. The zero-order valence-corrected chi connectivity index (χ0v) is 12.5. The summed E-state index contributed by atoms with van der Waals surface area (Å²) in [6.07, 6.45) is 0. The van der Waals surface area contributed by atoms with Gasteiger partial charge in [-0.2, -0.15) is 0 Å². The van der Waals surface area contributed by atoms with Crippen LogP contribution < -0.4 is 10.5 Å². The van der Waals surface area contributed by atoms with Gasteiger partial charge in [0.25, 0.3) is 10.0 Å². The van der Waals surface area contributed by atoms with Crippen molar-refractivity contribution in [2.45, 2.75) is 18.7 Å². The summed E-state index contributed by atoms with van der Waals surface area (Å²) >= 11 is 5.60. The van der Waals surface area contributed by atoms with Gasteiger partial charge in [0.2, 0.25) is 0 Å². The van der Waals surface area contributed by atoms with Crippen molar-refractivity contribution in [1.29, 1.82) is 0 Å². The fourth-order valence-corrected chi connectivity index (χ4v) is 3.52. The number of halogens is 1. The number of sulfonamides is 1. The Kier molecular flexibility index (Phi) is 3.82. The normalized spacial score (nSPS) is 11.3. The minimum Gasteiger partial charge on any atom is -0.399 e. The van der Waals surface area contributed by atoms with Crippen molar-refractivity contribution in [2.75, 3.05) is 10.5 Å². The van der Waals surface area contributed by atoms with Gasteiger partial charge < -0.3 is 5.73 Å². The number of aromatic nitrogens is 2. The highest BCUT2D eigenvalue weighted by Crippen LogP contribution is 2.24. The lowest BCUT2D eigenvalue weighted by molar-refractivity contribution is 0.599. The molecule has 0 spiro atoms. The summed E-state index contributed by atoms with van der Waals surface area (Å²) in [5.41, 5.74) is 7.34. The third kappa shape index (κ3) is 3.00. The topological polar surface area (TPSA) is 98.0 Å². The molecule has 2 rings (SSSR count). The lowest BCUT2D eigenvalue weighted by atomic mass is 10.1. The lowest BCUT2D eigenvalue weighted by Gasteiger charge is -2.12. The fraction of sp³-hybridized carbons (Fsp3) is 0.167. The molecule has 2 aromatic rings. The number of nitrogens with zero attached hydrogens (tertiary/aromatic N) is 2. The Bertz CT molecular complexity index is 722. The van der Waals surface area contributed by atoms with Gasteiger partial charge in [-0.05, 0) is 49.2 Å². The first kappa shape index (κ1) is 14.5. The molecule has 3 N–H and O–H groups in total. The number of nitrogens with two attached hydrogens (primary N) is 1. The van der Waals surface area contributed by atoms with Crippen LogP contribution >= 0.6 is 11.6 Å². The monoisotopic (exact) mass is 312 g/mol. The molecule has 0 amide bonds. The van der Waals surface area contributed by atoms with Gasteiger partial charge in [-0.3, -0.25) is 4.72 Å². The average Bonchev–Trinajstić information content (AvgIpc) is 2.30. The SMILES string of the molecule is Cc1cc(N)cc(C)c1S(=O)(=O)Nc1ccc(Cl)nn1. The summed E-state index contributed by atoms with van der Waals surface area (Å²) in [6.45, 7) is 3.37. The molecule has 1 aromatic heterocycles. The van der Waals surface area contributed by atoms with Gasteiger partial charge in [-0.15, -0.1) is 10.2 Å². The number of rotatable bonds is 3. The van der Waals surface area contributed by atoms with Crippen LogP contribution in [0.25, 0.3) is 0 Å². The molecule has 0 atom stereocenters. The van der Waals surface area contributed by atoms with Crippen molar-refractivity contribution in [1.82, 2.24) is 10.2 Å². The zero-order chi connectivity index (χ0) is 14.9. The Labute approximate surface area is 122 Å². The molecular formula is C12H13ClN4O2S. The number of anilines is 2. The summed E-state index contributed by atoms with van der Waals surface area (Å²) in [4.78, 5) is 0.184. The molecule has 106 valence electrons. The minimum atomic E-state index is -3.76. The third-order valence-corrected chi connectivity index (χ3v) is 4.48. The number of benzene rings is 1. The molecule has 0 fully saturated rings. The molecule has 1 heterocycles. The van der Waals surface area contributed by atoms with Crippen LogP contribution in [0, 0.1) is 13.8 Å². The maximum absolute atomic E-state index is 12.4. The smallest absolute Gasteiger partial charge is 0.263 e. The van der Waals surface area contributed by atoms with Crippen LogP contribution in [0.1, 0.15) is 11.1 Å². The van der Waals surface area contributed by atoms with E-state index in [4.69, 9.17) is 17.3 Å². The van der Waals surface area contributed by atoms with Crippen LogP contribution in [-0.4, -0.2) is 18.6 Å². The fourth-order valence-electron chi connectivity index (χ4n) is 1.97. The van der Waals surface area contributed by atoms with Crippen LogP contribution in [0.15, 0.2) is 29.2 Å². The summed E-state index contributed by atoms with van der Waals surface area (Å²) in [7, 11) is -3.76. The standard InChI is InChI=1S/C12H13ClN4O2S/c1-7-5-9(14)6-8(2)12(7)20(18,19)17-11-4-3-10(13)15-16-11/h3-6H,14H2,1-2H3,(H,16,17). The van der Waals surface area contributed by atoms with E-state index in [0.717, 1.165) is 0 Å². The highest BCUT2D eigenvalue weighted by molar-refractivity contribution is 7.92. The van der Waals surface area contributed by atoms with E-state index in [-0.39, 0.29) is 15.9 Å².